The van der Waals surface area contributed by atoms with Crippen LogP contribution < -0.4 is 10.2 Å². The van der Waals surface area contributed by atoms with Gasteiger partial charge >= 0.3 is 0 Å². The maximum Gasteiger partial charge on any atom is 0.187 e. The second-order valence-corrected chi connectivity index (χ2v) is 6.75. The Kier molecular flexibility index (Phi) is 5.56. The SMILES string of the molecule is CCN(CC)c1ccc(-c2csc(Nc3cccc(Cl)c3F)n2)cc1. The number of benzene rings is 2. The van der Waals surface area contributed by atoms with Crippen molar-refractivity contribution in [3.8, 4) is 11.3 Å². The van der Waals surface area contributed by atoms with Gasteiger partial charge in [0.15, 0.2) is 10.9 Å². The number of aromatic nitrogens is 1. The first kappa shape index (κ1) is 17.7. The van der Waals surface area contributed by atoms with Crippen LogP contribution in [0.4, 0.5) is 20.9 Å². The third kappa shape index (κ3) is 3.94. The summed E-state index contributed by atoms with van der Waals surface area (Å²) in [6, 6.07) is 13.2. The summed E-state index contributed by atoms with van der Waals surface area (Å²) in [5, 5.41) is 5.67. The lowest BCUT2D eigenvalue weighted by molar-refractivity contribution is 0.632. The van der Waals surface area contributed by atoms with E-state index in [1.807, 2.05) is 5.38 Å². The zero-order chi connectivity index (χ0) is 17.8. The first-order valence-corrected chi connectivity index (χ1v) is 9.40. The Morgan fingerprint density at radius 2 is 1.84 bits per heavy atom. The second-order valence-electron chi connectivity index (χ2n) is 5.48. The Labute approximate surface area is 156 Å². The van der Waals surface area contributed by atoms with Crippen molar-refractivity contribution < 1.29 is 4.39 Å². The van der Waals surface area contributed by atoms with Gasteiger partial charge in [-0.3, -0.25) is 0 Å². The van der Waals surface area contributed by atoms with Gasteiger partial charge in [0.05, 0.1) is 16.4 Å². The summed E-state index contributed by atoms with van der Waals surface area (Å²) in [5.41, 5.74) is 3.42. The number of nitrogens with zero attached hydrogens (tertiary/aromatic N) is 2. The van der Waals surface area contributed by atoms with E-state index >= 15 is 0 Å². The van der Waals surface area contributed by atoms with E-state index in [1.165, 1.54) is 23.1 Å². The lowest BCUT2D eigenvalue weighted by atomic mass is 10.1. The Morgan fingerprint density at radius 1 is 1.12 bits per heavy atom. The van der Waals surface area contributed by atoms with E-state index in [4.69, 9.17) is 11.6 Å². The van der Waals surface area contributed by atoms with Crippen molar-refractivity contribution in [1.82, 2.24) is 4.98 Å². The van der Waals surface area contributed by atoms with Crippen LogP contribution in [0.2, 0.25) is 5.02 Å². The Morgan fingerprint density at radius 3 is 2.52 bits per heavy atom. The summed E-state index contributed by atoms with van der Waals surface area (Å²) < 4.78 is 14.0. The number of halogens is 2. The summed E-state index contributed by atoms with van der Waals surface area (Å²) in [5.74, 6) is -0.468. The summed E-state index contributed by atoms with van der Waals surface area (Å²) in [6.07, 6.45) is 0. The number of rotatable bonds is 6. The minimum atomic E-state index is -0.468. The molecule has 1 N–H and O–H groups in total. The molecule has 6 heteroatoms. The second kappa shape index (κ2) is 7.85. The van der Waals surface area contributed by atoms with Crippen molar-refractivity contribution in [2.24, 2.45) is 0 Å². The monoisotopic (exact) mass is 375 g/mol. The minimum absolute atomic E-state index is 0.0915. The van der Waals surface area contributed by atoms with E-state index < -0.39 is 5.82 Å². The molecule has 3 nitrogen and oxygen atoms in total. The molecule has 1 aromatic heterocycles. The van der Waals surface area contributed by atoms with E-state index in [-0.39, 0.29) is 5.02 Å². The molecular formula is C19H19ClFN3S. The Balaban J connectivity index is 1.78. The van der Waals surface area contributed by atoms with Gasteiger partial charge in [-0.25, -0.2) is 9.37 Å². The number of thiazole rings is 1. The summed E-state index contributed by atoms with van der Waals surface area (Å²) in [7, 11) is 0. The van der Waals surface area contributed by atoms with E-state index in [9.17, 15) is 4.39 Å². The van der Waals surface area contributed by atoms with Gasteiger partial charge in [0.25, 0.3) is 0 Å². The van der Waals surface area contributed by atoms with E-state index in [0.29, 0.717) is 10.8 Å². The van der Waals surface area contributed by atoms with E-state index in [2.05, 4.69) is 53.3 Å². The molecule has 130 valence electrons. The van der Waals surface area contributed by atoms with Crippen molar-refractivity contribution in [2.45, 2.75) is 13.8 Å². The average Bonchev–Trinajstić information content (AvgIpc) is 3.09. The molecule has 25 heavy (non-hydrogen) atoms. The van der Waals surface area contributed by atoms with Crippen LogP contribution in [-0.2, 0) is 0 Å². The first-order valence-electron chi connectivity index (χ1n) is 8.14. The molecule has 0 radical (unpaired) electrons. The Bertz CT molecular complexity index is 844. The third-order valence-electron chi connectivity index (χ3n) is 3.99. The predicted molar refractivity (Wildman–Crippen MR) is 106 cm³/mol. The predicted octanol–water partition coefficient (Wildman–Crippen LogP) is 6.19. The number of anilines is 3. The molecule has 0 saturated heterocycles. The minimum Gasteiger partial charge on any atom is -0.372 e. The van der Waals surface area contributed by atoms with Crippen LogP contribution in [0.15, 0.2) is 47.8 Å². The quantitative estimate of drug-likeness (QED) is 0.556. The zero-order valence-corrected chi connectivity index (χ0v) is 15.7. The molecule has 0 unspecified atom stereocenters. The van der Waals surface area contributed by atoms with E-state index in [1.54, 1.807) is 12.1 Å². The largest absolute Gasteiger partial charge is 0.372 e. The van der Waals surface area contributed by atoms with Gasteiger partial charge < -0.3 is 10.2 Å². The standard InChI is InChI=1S/C19H19ClFN3S/c1-3-24(4-2)14-10-8-13(9-11-14)17-12-25-19(23-17)22-16-7-5-6-15(20)18(16)21/h5-12H,3-4H2,1-2H3,(H,22,23). The maximum atomic E-state index is 14.0. The fourth-order valence-corrected chi connectivity index (χ4v) is 3.52. The van der Waals surface area contributed by atoms with Crippen molar-refractivity contribution in [3.05, 3.63) is 58.7 Å². The van der Waals surface area contributed by atoms with Gasteiger partial charge in [-0.05, 0) is 38.1 Å². The molecule has 0 saturated carbocycles. The van der Waals surface area contributed by atoms with Gasteiger partial charge in [-0.1, -0.05) is 29.8 Å². The summed E-state index contributed by atoms with van der Waals surface area (Å²) >= 11 is 7.24. The molecule has 0 aliphatic heterocycles. The summed E-state index contributed by atoms with van der Waals surface area (Å²) in [6.45, 7) is 6.24. The van der Waals surface area contributed by atoms with Crippen molar-refractivity contribution in [1.29, 1.82) is 0 Å². The molecule has 2 aromatic carbocycles. The lowest BCUT2D eigenvalue weighted by Crippen LogP contribution is -2.21. The third-order valence-corrected chi connectivity index (χ3v) is 5.04. The van der Waals surface area contributed by atoms with Crippen LogP contribution in [0, 0.1) is 5.82 Å². The topological polar surface area (TPSA) is 28.2 Å². The fourth-order valence-electron chi connectivity index (χ4n) is 2.61. The van der Waals surface area contributed by atoms with Crippen molar-refractivity contribution in [3.63, 3.8) is 0 Å². The molecular weight excluding hydrogens is 357 g/mol. The van der Waals surface area contributed by atoms with Crippen LogP contribution in [0.1, 0.15) is 13.8 Å². The van der Waals surface area contributed by atoms with Crippen LogP contribution in [0.25, 0.3) is 11.3 Å². The highest BCUT2D eigenvalue weighted by Gasteiger charge is 2.10. The highest BCUT2D eigenvalue weighted by Crippen LogP contribution is 2.30. The molecule has 3 rings (SSSR count). The molecule has 0 fully saturated rings. The van der Waals surface area contributed by atoms with Gasteiger partial charge in [-0.15, -0.1) is 11.3 Å². The molecule has 3 aromatic rings. The summed E-state index contributed by atoms with van der Waals surface area (Å²) in [4.78, 5) is 6.84. The van der Waals surface area contributed by atoms with Crippen LogP contribution >= 0.6 is 22.9 Å². The molecule has 0 aliphatic rings. The molecule has 1 heterocycles. The number of nitrogens with one attached hydrogen (secondary N) is 1. The maximum absolute atomic E-state index is 14.0. The van der Waals surface area contributed by atoms with Gasteiger partial charge in [-0.2, -0.15) is 0 Å². The molecule has 0 bridgehead atoms. The number of hydrogen-bond donors (Lipinski definition) is 1. The molecule has 0 atom stereocenters. The van der Waals surface area contributed by atoms with Gasteiger partial charge in [0.2, 0.25) is 0 Å². The molecule has 0 amide bonds. The van der Waals surface area contributed by atoms with Crippen LogP contribution in [0.5, 0.6) is 0 Å². The molecule has 0 aliphatic carbocycles. The Hall–Kier alpha value is -2.11. The van der Waals surface area contributed by atoms with Crippen molar-refractivity contribution in [2.75, 3.05) is 23.3 Å². The van der Waals surface area contributed by atoms with E-state index in [0.717, 1.165) is 24.3 Å². The number of hydrogen-bond acceptors (Lipinski definition) is 4. The average molecular weight is 376 g/mol. The first-order chi connectivity index (χ1) is 12.1. The van der Waals surface area contributed by atoms with Crippen LogP contribution in [0.3, 0.4) is 0 Å². The highest BCUT2D eigenvalue weighted by atomic mass is 35.5. The molecule has 0 spiro atoms. The van der Waals surface area contributed by atoms with Crippen molar-refractivity contribution >= 4 is 39.4 Å². The fraction of sp³-hybridized carbons (Fsp3) is 0.211. The zero-order valence-electron chi connectivity index (χ0n) is 14.1. The highest BCUT2D eigenvalue weighted by molar-refractivity contribution is 7.14. The lowest BCUT2D eigenvalue weighted by Gasteiger charge is -2.20. The normalized spacial score (nSPS) is 10.7. The van der Waals surface area contributed by atoms with Gasteiger partial charge in [0, 0.05) is 29.7 Å². The van der Waals surface area contributed by atoms with Crippen LogP contribution in [-0.4, -0.2) is 18.1 Å². The smallest absolute Gasteiger partial charge is 0.187 e. The van der Waals surface area contributed by atoms with Gasteiger partial charge in [0.1, 0.15) is 0 Å².